The summed E-state index contributed by atoms with van der Waals surface area (Å²) in [7, 11) is 0. The molecule has 0 fully saturated rings. The Morgan fingerprint density at radius 3 is 2.39 bits per heavy atom. The number of anilines is 1. The first-order chi connectivity index (χ1) is 13.6. The maximum atomic E-state index is 12.3. The van der Waals surface area contributed by atoms with E-state index in [4.69, 9.17) is 14.0 Å². The van der Waals surface area contributed by atoms with Crippen LogP contribution in [0.5, 0.6) is 11.5 Å². The minimum atomic E-state index is -0.708. The fourth-order valence-electron chi connectivity index (χ4n) is 2.53. The molecule has 0 unspecified atom stereocenters. The summed E-state index contributed by atoms with van der Waals surface area (Å²) in [5.41, 5.74) is 1.94. The summed E-state index contributed by atoms with van der Waals surface area (Å²) in [5, 5.41) is 6.40. The molecule has 7 nitrogen and oxygen atoms in total. The van der Waals surface area contributed by atoms with Crippen molar-refractivity contribution in [3.63, 3.8) is 0 Å². The first-order valence-electron chi connectivity index (χ1n) is 9.22. The largest absolute Gasteiger partial charge is 0.494 e. The Morgan fingerprint density at radius 2 is 1.75 bits per heavy atom. The first kappa shape index (κ1) is 19.4. The molecule has 28 heavy (non-hydrogen) atoms. The lowest BCUT2D eigenvalue weighted by atomic mass is 10.2. The predicted octanol–water partition coefficient (Wildman–Crippen LogP) is 4.10. The van der Waals surface area contributed by atoms with E-state index in [0.29, 0.717) is 18.2 Å². The Kier molecular flexibility index (Phi) is 6.26. The Bertz CT molecular complexity index is 904. The molecule has 0 spiro atoms. The number of hydrogen-bond donors (Lipinski definition) is 1. The molecule has 1 atom stereocenters. The highest BCUT2D eigenvalue weighted by atomic mass is 16.5. The van der Waals surface area contributed by atoms with Crippen molar-refractivity contribution in [1.29, 1.82) is 0 Å². The molecule has 1 heterocycles. The number of aromatic nitrogens is 2. The molecule has 1 aromatic heterocycles. The highest BCUT2D eigenvalue weighted by molar-refractivity contribution is 5.92. The number of hydrogen-bond acceptors (Lipinski definition) is 6. The van der Waals surface area contributed by atoms with Crippen LogP contribution in [0.15, 0.2) is 53.1 Å². The van der Waals surface area contributed by atoms with Gasteiger partial charge in [-0.15, -0.1) is 0 Å². The van der Waals surface area contributed by atoms with Crippen LogP contribution in [0.4, 0.5) is 5.95 Å². The van der Waals surface area contributed by atoms with E-state index in [2.05, 4.69) is 22.4 Å². The molecule has 1 amide bonds. The minimum Gasteiger partial charge on any atom is -0.494 e. The summed E-state index contributed by atoms with van der Waals surface area (Å²) < 4.78 is 16.3. The van der Waals surface area contributed by atoms with Gasteiger partial charge in [-0.05, 0) is 67.4 Å². The monoisotopic (exact) mass is 381 g/mol. The van der Waals surface area contributed by atoms with Gasteiger partial charge in [0.05, 0.1) is 6.61 Å². The van der Waals surface area contributed by atoms with Crippen molar-refractivity contribution in [2.24, 2.45) is 0 Å². The number of ether oxygens (including phenoxy) is 2. The highest BCUT2D eigenvalue weighted by Gasteiger charge is 2.18. The van der Waals surface area contributed by atoms with Crippen molar-refractivity contribution in [2.75, 3.05) is 11.9 Å². The third-order valence-corrected chi connectivity index (χ3v) is 4.09. The third-order valence-electron chi connectivity index (χ3n) is 4.09. The normalized spacial score (nSPS) is 11.7. The second-order valence-electron chi connectivity index (χ2n) is 6.13. The van der Waals surface area contributed by atoms with E-state index in [1.807, 2.05) is 55.5 Å². The zero-order valence-electron chi connectivity index (χ0n) is 16.1. The van der Waals surface area contributed by atoms with Crippen LogP contribution >= 0.6 is 0 Å². The van der Waals surface area contributed by atoms with Crippen LogP contribution < -0.4 is 14.8 Å². The summed E-state index contributed by atoms with van der Waals surface area (Å²) in [6, 6.07) is 14.9. The standard InChI is InChI=1S/C21H23N3O4/c1-4-15-6-10-18(11-7-15)27-14(3)19(25)22-21-23-20(28-24-21)16-8-12-17(13-9-16)26-5-2/h6-14H,4-5H2,1-3H3,(H,22,24,25)/t14-/m0/s1. The van der Waals surface area contributed by atoms with Crippen LogP contribution in [0.1, 0.15) is 26.3 Å². The summed E-state index contributed by atoms with van der Waals surface area (Å²) in [6.07, 6.45) is 0.241. The molecule has 1 N–H and O–H groups in total. The quantitative estimate of drug-likeness (QED) is 0.632. The molecule has 0 saturated heterocycles. The molecule has 7 heteroatoms. The minimum absolute atomic E-state index is 0.0886. The number of nitrogens with zero attached hydrogens (tertiary/aromatic N) is 2. The average molecular weight is 381 g/mol. The molecule has 0 saturated carbocycles. The number of carbonyl (C=O) groups is 1. The molecule has 2 aromatic carbocycles. The van der Waals surface area contributed by atoms with Gasteiger partial charge in [0.15, 0.2) is 6.10 Å². The zero-order valence-corrected chi connectivity index (χ0v) is 16.1. The number of benzene rings is 2. The van der Waals surface area contributed by atoms with Crippen LogP contribution in [-0.2, 0) is 11.2 Å². The molecule has 3 rings (SSSR count). The van der Waals surface area contributed by atoms with Crippen LogP contribution in [-0.4, -0.2) is 28.8 Å². The number of aryl methyl sites for hydroxylation is 1. The predicted molar refractivity (Wildman–Crippen MR) is 105 cm³/mol. The summed E-state index contributed by atoms with van der Waals surface area (Å²) in [6.45, 7) is 6.26. The van der Waals surface area contributed by atoms with E-state index in [-0.39, 0.29) is 11.9 Å². The van der Waals surface area contributed by atoms with Gasteiger partial charge in [0.1, 0.15) is 11.5 Å². The lowest BCUT2D eigenvalue weighted by Crippen LogP contribution is -2.30. The molecular formula is C21H23N3O4. The zero-order chi connectivity index (χ0) is 19.9. The van der Waals surface area contributed by atoms with Gasteiger partial charge in [0.2, 0.25) is 0 Å². The van der Waals surface area contributed by atoms with Gasteiger partial charge >= 0.3 is 0 Å². The molecular weight excluding hydrogens is 358 g/mol. The maximum absolute atomic E-state index is 12.3. The van der Waals surface area contributed by atoms with Gasteiger partial charge in [-0.25, -0.2) is 0 Å². The topological polar surface area (TPSA) is 86.5 Å². The molecule has 0 bridgehead atoms. The number of rotatable bonds is 8. The van der Waals surface area contributed by atoms with Crippen molar-refractivity contribution < 1.29 is 18.8 Å². The Balaban J connectivity index is 1.59. The summed E-state index contributed by atoms with van der Waals surface area (Å²) in [5.74, 6) is 1.42. The third kappa shape index (κ3) is 4.88. The second-order valence-corrected chi connectivity index (χ2v) is 6.13. The van der Waals surface area contributed by atoms with Crippen molar-refractivity contribution in [2.45, 2.75) is 33.3 Å². The second kappa shape index (κ2) is 9.03. The van der Waals surface area contributed by atoms with Crippen LogP contribution in [0.25, 0.3) is 11.5 Å². The van der Waals surface area contributed by atoms with Crippen molar-refractivity contribution >= 4 is 11.9 Å². The van der Waals surface area contributed by atoms with E-state index in [1.54, 1.807) is 6.92 Å². The van der Waals surface area contributed by atoms with E-state index in [1.165, 1.54) is 5.56 Å². The number of carbonyl (C=O) groups excluding carboxylic acids is 1. The number of amides is 1. The van der Waals surface area contributed by atoms with E-state index in [0.717, 1.165) is 17.7 Å². The molecule has 146 valence electrons. The maximum Gasteiger partial charge on any atom is 0.270 e. The fourth-order valence-corrected chi connectivity index (χ4v) is 2.53. The fraction of sp³-hybridized carbons (Fsp3) is 0.286. The Labute approximate surface area is 163 Å². The van der Waals surface area contributed by atoms with Gasteiger partial charge in [0.25, 0.3) is 17.7 Å². The van der Waals surface area contributed by atoms with Gasteiger partial charge in [0, 0.05) is 5.56 Å². The van der Waals surface area contributed by atoms with Crippen molar-refractivity contribution in [3.05, 3.63) is 54.1 Å². The van der Waals surface area contributed by atoms with Crippen LogP contribution in [0.3, 0.4) is 0 Å². The van der Waals surface area contributed by atoms with E-state index in [9.17, 15) is 4.79 Å². The van der Waals surface area contributed by atoms with E-state index < -0.39 is 6.10 Å². The molecule has 0 radical (unpaired) electrons. The number of nitrogens with one attached hydrogen (secondary N) is 1. The molecule has 0 aliphatic heterocycles. The van der Waals surface area contributed by atoms with Gasteiger partial charge < -0.3 is 14.0 Å². The summed E-state index contributed by atoms with van der Waals surface area (Å²) in [4.78, 5) is 16.5. The lowest BCUT2D eigenvalue weighted by molar-refractivity contribution is -0.122. The van der Waals surface area contributed by atoms with Crippen molar-refractivity contribution in [1.82, 2.24) is 10.1 Å². The van der Waals surface area contributed by atoms with Gasteiger partial charge in [-0.3, -0.25) is 10.1 Å². The Hall–Kier alpha value is -3.35. The first-order valence-corrected chi connectivity index (χ1v) is 9.22. The SMILES string of the molecule is CCOc1ccc(-c2nc(NC(=O)[C@H](C)Oc3ccc(CC)cc3)no2)cc1. The van der Waals surface area contributed by atoms with Crippen LogP contribution in [0, 0.1) is 0 Å². The average Bonchev–Trinajstić information content (AvgIpc) is 3.18. The van der Waals surface area contributed by atoms with Gasteiger partial charge in [-0.2, -0.15) is 4.98 Å². The van der Waals surface area contributed by atoms with Crippen molar-refractivity contribution in [3.8, 4) is 23.0 Å². The smallest absolute Gasteiger partial charge is 0.270 e. The van der Waals surface area contributed by atoms with E-state index >= 15 is 0 Å². The summed E-state index contributed by atoms with van der Waals surface area (Å²) >= 11 is 0. The molecule has 0 aliphatic rings. The lowest BCUT2D eigenvalue weighted by Gasteiger charge is -2.13. The Morgan fingerprint density at radius 1 is 1.07 bits per heavy atom. The van der Waals surface area contributed by atoms with Gasteiger partial charge in [-0.1, -0.05) is 19.1 Å². The molecule has 3 aromatic rings. The molecule has 0 aliphatic carbocycles. The van der Waals surface area contributed by atoms with Crippen LogP contribution in [0.2, 0.25) is 0 Å². The highest BCUT2D eigenvalue weighted by Crippen LogP contribution is 2.22.